The highest BCUT2D eigenvalue weighted by Gasteiger charge is 2.29. The van der Waals surface area contributed by atoms with E-state index in [1.165, 1.54) is 0 Å². The molecular weight excluding hydrogens is 342 g/mol. The van der Waals surface area contributed by atoms with Gasteiger partial charge in [-0.25, -0.2) is 4.79 Å². The molecule has 1 aromatic carbocycles. The number of aromatic nitrogens is 1. The van der Waals surface area contributed by atoms with Crippen LogP contribution in [-0.2, 0) is 16.0 Å². The van der Waals surface area contributed by atoms with Crippen LogP contribution in [0.15, 0.2) is 30.5 Å². The van der Waals surface area contributed by atoms with Crippen molar-refractivity contribution in [1.29, 1.82) is 0 Å². The number of aromatic amines is 1. The van der Waals surface area contributed by atoms with Crippen LogP contribution in [0.4, 0.5) is 4.79 Å². The molecule has 6 heteroatoms. The number of hydrogen-bond acceptors (Lipinski definition) is 3. The molecular formula is C21H28N3O3. The fourth-order valence-corrected chi connectivity index (χ4v) is 3.36. The molecule has 2 heterocycles. The lowest BCUT2D eigenvalue weighted by molar-refractivity contribution is -0.134. The highest BCUT2D eigenvalue weighted by molar-refractivity contribution is 5.88. The van der Waals surface area contributed by atoms with Gasteiger partial charge in [-0.05, 0) is 51.7 Å². The number of likely N-dealkylation sites (tertiary alicyclic amines) is 1. The van der Waals surface area contributed by atoms with E-state index in [9.17, 15) is 9.59 Å². The second-order valence-corrected chi connectivity index (χ2v) is 7.95. The number of amides is 2. The van der Waals surface area contributed by atoms with Gasteiger partial charge in [-0.15, -0.1) is 0 Å². The van der Waals surface area contributed by atoms with Crippen LogP contribution in [0.2, 0.25) is 0 Å². The first-order valence-corrected chi connectivity index (χ1v) is 9.48. The van der Waals surface area contributed by atoms with Gasteiger partial charge in [0.2, 0.25) is 5.91 Å². The molecule has 1 atom stereocenters. The number of carbonyl (C=O) groups excluding carboxylic acids is 2. The van der Waals surface area contributed by atoms with Crippen molar-refractivity contribution >= 4 is 22.9 Å². The summed E-state index contributed by atoms with van der Waals surface area (Å²) in [6, 6.07) is 7.30. The highest BCUT2D eigenvalue weighted by atomic mass is 16.6. The van der Waals surface area contributed by atoms with Crippen LogP contribution in [0, 0.1) is 6.42 Å². The van der Waals surface area contributed by atoms with E-state index in [2.05, 4.69) is 16.7 Å². The Morgan fingerprint density at radius 1 is 1.22 bits per heavy atom. The summed E-state index contributed by atoms with van der Waals surface area (Å²) in [5.74, 6) is -0.0563. The summed E-state index contributed by atoms with van der Waals surface area (Å²) in [5, 5.41) is 3.86. The second-order valence-electron chi connectivity index (χ2n) is 7.95. The molecule has 0 spiro atoms. The van der Waals surface area contributed by atoms with Crippen molar-refractivity contribution in [3.63, 3.8) is 0 Å². The number of rotatable bonds is 4. The lowest BCUT2D eigenvalue weighted by Crippen LogP contribution is -2.51. The first-order valence-electron chi connectivity index (χ1n) is 9.48. The van der Waals surface area contributed by atoms with E-state index < -0.39 is 17.7 Å². The standard InChI is InChI=1S/C21H28N3O3/c1-21(2,3)27-20(26)23-18(19(25)24-11-7-4-8-12-24)13-15-14-22-17-10-6-5-9-16(15)17/h4-6,9-10,14,18,22H,7-8,11-13H2,1-3H3,(H,23,26). The summed E-state index contributed by atoms with van der Waals surface area (Å²) < 4.78 is 5.38. The van der Waals surface area contributed by atoms with Crippen LogP contribution >= 0.6 is 0 Å². The van der Waals surface area contributed by atoms with Crippen LogP contribution in [0.3, 0.4) is 0 Å². The van der Waals surface area contributed by atoms with Crippen LogP contribution in [0.1, 0.15) is 39.2 Å². The molecule has 1 aliphatic rings. The van der Waals surface area contributed by atoms with E-state index in [0.29, 0.717) is 19.5 Å². The quantitative estimate of drug-likeness (QED) is 0.866. The van der Waals surface area contributed by atoms with Gasteiger partial charge in [-0.1, -0.05) is 18.2 Å². The third-order valence-electron chi connectivity index (χ3n) is 4.61. The van der Waals surface area contributed by atoms with Gasteiger partial charge in [0.15, 0.2) is 0 Å². The number of nitrogens with one attached hydrogen (secondary N) is 2. The zero-order valence-electron chi connectivity index (χ0n) is 16.2. The van der Waals surface area contributed by atoms with E-state index >= 15 is 0 Å². The van der Waals surface area contributed by atoms with Crippen molar-refractivity contribution in [3.8, 4) is 0 Å². The summed E-state index contributed by atoms with van der Waals surface area (Å²) in [4.78, 5) is 30.5. The smallest absolute Gasteiger partial charge is 0.408 e. The predicted molar refractivity (Wildman–Crippen MR) is 105 cm³/mol. The Morgan fingerprint density at radius 3 is 2.63 bits per heavy atom. The van der Waals surface area contributed by atoms with Gasteiger partial charge >= 0.3 is 6.09 Å². The third-order valence-corrected chi connectivity index (χ3v) is 4.61. The first-order chi connectivity index (χ1) is 12.8. The molecule has 1 aliphatic heterocycles. The molecule has 6 nitrogen and oxygen atoms in total. The van der Waals surface area contributed by atoms with Crippen LogP contribution in [0.5, 0.6) is 0 Å². The Balaban J connectivity index is 1.80. The van der Waals surface area contributed by atoms with Gasteiger partial charge in [-0.3, -0.25) is 4.79 Å². The number of ether oxygens (including phenoxy) is 1. The Labute approximate surface area is 160 Å². The fraction of sp³-hybridized carbons (Fsp3) is 0.476. The third kappa shape index (κ3) is 5.02. The molecule has 145 valence electrons. The Kier molecular flexibility index (Phi) is 5.73. The predicted octanol–water partition coefficient (Wildman–Crippen LogP) is 3.43. The number of hydrogen-bond donors (Lipinski definition) is 2. The van der Waals surface area contributed by atoms with E-state index in [1.807, 2.05) is 56.1 Å². The largest absolute Gasteiger partial charge is 0.444 e. The molecule has 2 aromatic rings. The molecule has 1 aromatic heterocycles. The van der Waals surface area contributed by atoms with Crippen LogP contribution in [-0.4, -0.2) is 46.6 Å². The number of H-pyrrole nitrogens is 1. The summed E-state index contributed by atoms with van der Waals surface area (Å²) in [5.41, 5.74) is 1.41. The van der Waals surface area contributed by atoms with Crippen molar-refractivity contribution in [2.45, 2.75) is 51.7 Å². The number of alkyl carbamates (subject to hydrolysis) is 1. The lowest BCUT2D eigenvalue weighted by Gasteiger charge is -2.31. The molecule has 1 radical (unpaired) electrons. The summed E-state index contributed by atoms with van der Waals surface area (Å²) in [6.07, 6.45) is 5.73. The maximum Gasteiger partial charge on any atom is 0.408 e. The number of para-hydroxylation sites is 1. The number of piperidine rings is 1. The minimum absolute atomic E-state index is 0.0563. The van der Waals surface area contributed by atoms with Gasteiger partial charge in [-0.2, -0.15) is 0 Å². The van der Waals surface area contributed by atoms with Crippen molar-refractivity contribution in [2.24, 2.45) is 0 Å². The average Bonchev–Trinajstić information content (AvgIpc) is 3.03. The SMILES string of the molecule is CC(C)(C)OC(=O)NC(Cc1c[nH]c2ccccc12)C(=O)N1CC[CH]CC1. The van der Waals surface area contributed by atoms with Gasteiger partial charge in [0, 0.05) is 36.6 Å². The van der Waals surface area contributed by atoms with Crippen molar-refractivity contribution in [1.82, 2.24) is 15.2 Å². The monoisotopic (exact) mass is 370 g/mol. The molecule has 27 heavy (non-hydrogen) atoms. The molecule has 0 bridgehead atoms. The van der Waals surface area contributed by atoms with Gasteiger partial charge in [0.1, 0.15) is 11.6 Å². The lowest BCUT2D eigenvalue weighted by atomic mass is 10.0. The van der Waals surface area contributed by atoms with Crippen molar-refractivity contribution in [2.75, 3.05) is 13.1 Å². The minimum atomic E-state index is -0.655. The molecule has 1 saturated heterocycles. The normalized spacial score (nSPS) is 16.2. The molecule has 3 rings (SSSR count). The first kappa shape index (κ1) is 19.3. The Hall–Kier alpha value is -2.50. The van der Waals surface area contributed by atoms with E-state index in [-0.39, 0.29) is 5.91 Å². The topological polar surface area (TPSA) is 74.4 Å². The molecule has 2 N–H and O–H groups in total. The zero-order chi connectivity index (χ0) is 19.4. The van der Waals surface area contributed by atoms with E-state index in [0.717, 1.165) is 29.3 Å². The average molecular weight is 370 g/mol. The number of nitrogens with zero attached hydrogens (tertiary/aromatic N) is 1. The molecule has 0 aliphatic carbocycles. The zero-order valence-corrected chi connectivity index (χ0v) is 16.2. The maximum absolute atomic E-state index is 13.1. The van der Waals surface area contributed by atoms with Crippen LogP contribution in [0.25, 0.3) is 10.9 Å². The Morgan fingerprint density at radius 2 is 1.93 bits per heavy atom. The number of benzene rings is 1. The van der Waals surface area contributed by atoms with Gasteiger partial charge in [0.25, 0.3) is 0 Å². The number of fused-ring (bicyclic) bond motifs is 1. The van der Waals surface area contributed by atoms with Crippen molar-refractivity contribution in [3.05, 3.63) is 42.4 Å². The fourth-order valence-electron chi connectivity index (χ4n) is 3.36. The second kappa shape index (κ2) is 8.03. The molecule has 0 saturated carbocycles. The maximum atomic E-state index is 13.1. The van der Waals surface area contributed by atoms with E-state index in [1.54, 1.807) is 0 Å². The Bertz CT molecular complexity index is 800. The van der Waals surface area contributed by atoms with Crippen LogP contribution < -0.4 is 5.32 Å². The van der Waals surface area contributed by atoms with E-state index in [4.69, 9.17) is 4.74 Å². The minimum Gasteiger partial charge on any atom is -0.444 e. The van der Waals surface area contributed by atoms with Gasteiger partial charge < -0.3 is 19.9 Å². The molecule has 1 fully saturated rings. The summed E-state index contributed by atoms with van der Waals surface area (Å²) >= 11 is 0. The van der Waals surface area contributed by atoms with Crippen molar-refractivity contribution < 1.29 is 14.3 Å². The summed E-state index contributed by atoms with van der Waals surface area (Å²) in [6.45, 7) is 6.81. The summed E-state index contributed by atoms with van der Waals surface area (Å²) in [7, 11) is 0. The molecule has 1 unspecified atom stereocenters. The highest BCUT2D eigenvalue weighted by Crippen LogP contribution is 2.20. The van der Waals surface area contributed by atoms with Gasteiger partial charge in [0.05, 0.1) is 0 Å². The number of carbonyl (C=O) groups is 2. The molecule has 2 amide bonds.